The van der Waals surface area contributed by atoms with Crippen molar-refractivity contribution < 1.29 is 9.90 Å². The number of amides is 1. The van der Waals surface area contributed by atoms with Gasteiger partial charge in [0, 0.05) is 36.8 Å². The molecule has 2 heterocycles. The maximum absolute atomic E-state index is 12.3. The molecule has 1 aromatic heterocycles. The highest BCUT2D eigenvalue weighted by molar-refractivity contribution is 5.94. The van der Waals surface area contributed by atoms with Gasteiger partial charge in [-0.3, -0.25) is 9.48 Å². The van der Waals surface area contributed by atoms with Gasteiger partial charge in [-0.1, -0.05) is 12.1 Å². The molecular formula is C18H25ClN4O2. The van der Waals surface area contributed by atoms with Gasteiger partial charge in [-0.2, -0.15) is 5.10 Å². The van der Waals surface area contributed by atoms with Crippen LogP contribution in [0.4, 0.5) is 0 Å². The van der Waals surface area contributed by atoms with Crippen molar-refractivity contribution in [2.24, 2.45) is 5.92 Å². The van der Waals surface area contributed by atoms with Crippen LogP contribution < -0.4 is 10.6 Å². The van der Waals surface area contributed by atoms with Crippen LogP contribution in [-0.4, -0.2) is 46.5 Å². The predicted octanol–water partition coefficient (Wildman–Crippen LogP) is 1.28. The highest BCUT2D eigenvalue weighted by Crippen LogP contribution is 2.11. The average molecular weight is 365 g/mol. The normalized spacial score (nSPS) is 19.5. The maximum atomic E-state index is 12.3. The molecule has 25 heavy (non-hydrogen) atoms. The average Bonchev–Trinajstić information content (AvgIpc) is 3.10. The van der Waals surface area contributed by atoms with Crippen LogP contribution in [0, 0.1) is 19.8 Å². The molecule has 3 N–H and O–H groups in total. The molecule has 1 aliphatic rings. The first-order valence-electron chi connectivity index (χ1n) is 8.30. The molecule has 1 fully saturated rings. The SMILES string of the molecule is Cc1cc(C)n(Cc2cccc(C(=O)NCC3CNCC3O)c2)n1.Cl. The van der Waals surface area contributed by atoms with E-state index < -0.39 is 0 Å². The number of aliphatic hydroxyl groups is 1. The summed E-state index contributed by atoms with van der Waals surface area (Å²) in [5.41, 5.74) is 3.76. The van der Waals surface area contributed by atoms with Gasteiger partial charge < -0.3 is 15.7 Å². The Labute approximate surface area is 154 Å². The van der Waals surface area contributed by atoms with Crippen molar-refractivity contribution in [2.75, 3.05) is 19.6 Å². The van der Waals surface area contributed by atoms with Gasteiger partial charge in [0.05, 0.1) is 18.3 Å². The van der Waals surface area contributed by atoms with Crippen LogP contribution in [0.15, 0.2) is 30.3 Å². The Balaban J connectivity index is 0.00000225. The molecule has 2 unspecified atom stereocenters. The summed E-state index contributed by atoms with van der Waals surface area (Å²) >= 11 is 0. The second-order valence-corrected chi connectivity index (χ2v) is 6.48. The van der Waals surface area contributed by atoms with Crippen LogP contribution in [0.25, 0.3) is 0 Å². The van der Waals surface area contributed by atoms with Crippen molar-refractivity contribution in [1.29, 1.82) is 0 Å². The van der Waals surface area contributed by atoms with Crippen molar-refractivity contribution in [2.45, 2.75) is 26.5 Å². The lowest BCUT2D eigenvalue weighted by Crippen LogP contribution is -2.34. The molecule has 3 rings (SSSR count). The number of hydrogen-bond donors (Lipinski definition) is 3. The van der Waals surface area contributed by atoms with Crippen LogP contribution in [-0.2, 0) is 6.54 Å². The smallest absolute Gasteiger partial charge is 0.251 e. The molecule has 0 bridgehead atoms. The third-order valence-corrected chi connectivity index (χ3v) is 4.45. The van der Waals surface area contributed by atoms with Gasteiger partial charge >= 0.3 is 0 Å². The Morgan fingerprint density at radius 3 is 2.80 bits per heavy atom. The molecule has 136 valence electrons. The third kappa shape index (κ3) is 4.81. The van der Waals surface area contributed by atoms with Gasteiger partial charge in [0.25, 0.3) is 5.91 Å². The maximum Gasteiger partial charge on any atom is 0.251 e. The second-order valence-electron chi connectivity index (χ2n) is 6.48. The molecule has 1 aromatic carbocycles. The predicted molar refractivity (Wildman–Crippen MR) is 99.2 cm³/mol. The summed E-state index contributed by atoms with van der Waals surface area (Å²) in [5.74, 6) is -0.0313. The van der Waals surface area contributed by atoms with E-state index in [0.29, 0.717) is 25.2 Å². The summed E-state index contributed by atoms with van der Waals surface area (Å²) in [6.45, 7) is 6.45. The number of rotatable bonds is 5. The number of aryl methyl sites for hydroxylation is 2. The number of hydrogen-bond acceptors (Lipinski definition) is 4. The van der Waals surface area contributed by atoms with Gasteiger partial charge in [0.1, 0.15) is 0 Å². The number of nitrogens with one attached hydrogen (secondary N) is 2. The highest BCUT2D eigenvalue weighted by atomic mass is 35.5. The summed E-state index contributed by atoms with van der Waals surface area (Å²) in [6, 6.07) is 9.63. The number of aromatic nitrogens is 2. The molecule has 1 saturated heterocycles. The molecule has 2 aromatic rings. The zero-order valence-electron chi connectivity index (χ0n) is 14.5. The second kappa shape index (κ2) is 8.47. The number of β-amino-alcohol motifs (C(OH)–C–C–N with tert-alkyl or cyclic N) is 1. The fourth-order valence-electron chi connectivity index (χ4n) is 3.07. The van der Waals surface area contributed by atoms with Crippen molar-refractivity contribution in [3.05, 3.63) is 52.8 Å². The molecule has 7 heteroatoms. The van der Waals surface area contributed by atoms with E-state index >= 15 is 0 Å². The lowest BCUT2D eigenvalue weighted by atomic mass is 10.1. The van der Waals surface area contributed by atoms with Crippen molar-refractivity contribution >= 4 is 18.3 Å². The Bertz CT molecular complexity index is 732. The van der Waals surface area contributed by atoms with Crippen molar-refractivity contribution in [3.8, 4) is 0 Å². The van der Waals surface area contributed by atoms with Crippen LogP contribution in [0.3, 0.4) is 0 Å². The van der Waals surface area contributed by atoms with E-state index in [9.17, 15) is 9.90 Å². The Hall–Kier alpha value is -1.89. The van der Waals surface area contributed by atoms with E-state index in [-0.39, 0.29) is 30.3 Å². The van der Waals surface area contributed by atoms with Gasteiger partial charge in [-0.15, -0.1) is 12.4 Å². The van der Waals surface area contributed by atoms with E-state index in [1.807, 2.05) is 48.9 Å². The standard InChI is InChI=1S/C18H24N4O2.ClH/c1-12-6-13(2)22(21-12)11-14-4-3-5-15(7-14)18(24)20-9-16-8-19-10-17(16)23;/h3-7,16-17,19,23H,8-11H2,1-2H3,(H,20,24);1H. The number of nitrogens with zero attached hydrogens (tertiary/aromatic N) is 2. The van der Waals surface area contributed by atoms with E-state index in [0.717, 1.165) is 23.5 Å². The molecule has 0 saturated carbocycles. The lowest BCUT2D eigenvalue weighted by molar-refractivity contribution is 0.0927. The molecule has 0 aliphatic carbocycles. The third-order valence-electron chi connectivity index (χ3n) is 4.45. The molecule has 0 radical (unpaired) electrons. The largest absolute Gasteiger partial charge is 0.391 e. The van der Waals surface area contributed by atoms with Gasteiger partial charge in [-0.05, 0) is 37.6 Å². The molecule has 2 atom stereocenters. The minimum Gasteiger partial charge on any atom is -0.391 e. The number of halogens is 1. The van der Waals surface area contributed by atoms with E-state index in [4.69, 9.17) is 0 Å². The summed E-state index contributed by atoms with van der Waals surface area (Å²) in [4.78, 5) is 12.3. The number of carbonyl (C=O) groups is 1. The molecule has 1 aliphatic heterocycles. The van der Waals surface area contributed by atoms with Gasteiger partial charge in [0.15, 0.2) is 0 Å². The molecular weight excluding hydrogens is 340 g/mol. The zero-order chi connectivity index (χ0) is 17.1. The van der Waals surface area contributed by atoms with Crippen LogP contribution in [0.1, 0.15) is 27.3 Å². The van der Waals surface area contributed by atoms with E-state index in [1.54, 1.807) is 0 Å². The number of benzene rings is 1. The number of aliphatic hydroxyl groups excluding tert-OH is 1. The fraction of sp³-hybridized carbons (Fsp3) is 0.444. The highest BCUT2D eigenvalue weighted by Gasteiger charge is 2.25. The molecule has 6 nitrogen and oxygen atoms in total. The number of carbonyl (C=O) groups excluding carboxylic acids is 1. The molecule has 0 spiro atoms. The zero-order valence-corrected chi connectivity index (χ0v) is 15.3. The van der Waals surface area contributed by atoms with Gasteiger partial charge in [0.2, 0.25) is 0 Å². The summed E-state index contributed by atoms with van der Waals surface area (Å²) in [5, 5.41) is 20.3. The minimum absolute atomic E-state index is 0. The monoisotopic (exact) mass is 364 g/mol. The quantitative estimate of drug-likeness (QED) is 0.746. The van der Waals surface area contributed by atoms with Gasteiger partial charge in [-0.25, -0.2) is 0 Å². The fourth-order valence-corrected chi connectivity index (χ4v) is 3.07. The first-order valence-corrected chi connectivity index (χ1v) is 8.30. The first kappa shape index (κ1) is 19.4. The summed E-state index contributed by atoms with van der Waals surface area (Å²) in [7, 11) is 0. The Kier molecular flexibility index (Phi) is 6.58. The first-order chi connectivity index (χ1) is 11.5. The minimum atomic E-state index is -0.386. The van der Waals surface area contributed by atoms with Crippen LogP contribution in [0.5, 0.6) is 0 Å². The van der Waals surface area contributed by atoms with Crippen LogP contribution in [0.2, 0.25) is 0 Å². The Morgan fingerprint density at radius 1 is 1.36 bits per heavy atom. The lowest BCUT2D eigenvalue weighted by Gasteiger charge is -2.14. The van der Waals surface area contributed by atoms with E-state index in [2.05, 4.69) is 15.7 Å². The summed E-state index contributed by atoms with van der Waals surface area (Å²) in [6.07, 6.45) is -0.386. The topological polar surface area (TPSA) is 79.2 Å². The van der Waals surface area contributed by atoms with E-state index in [1.165, 1.54) is 0 Å². The Morgan fingerprint density at radius 2 is 2.16 bits per heavy atom. The van der Waals surface area contributed by atoms with Crippen molar-refractivity contribution in [3.63, 3.8) is 0 Å². The van der Waals surface area contributed by atoms with Crippen molar-refractivity contribution in [1.82, 2.24) is 20.4 Å². The van der Waals surface area contributed by atoms with Crippen LogP contribution >= 0.6 is 12.4 Å². The molecule has 1 amide bonds. The summed E-state index contributed by atoms with van der Waals surface area (Å²) < 4.78 is 1.94.